The second-order valence-corrected chi connectivity index (χ2v) is 10.7. The summed E-state index contributed by atoms with van der Waals surface area (Å²) in [6.45, 7) is 5.19. The van der Waals surface area contributed by atoms with Crippen molar-refractivity contribution in [3.8, 4) is 11.1 Å². The minimum Gasteiger partial charge on any atom is -0.453 e. The number of likely N-dealkylation sites (N-methyl/N-ethyl adjacent to an activating group) is 2. The largest absolute Gasteiger partial charge is 0.453 e. The highest BCUT2D eigenvalue weighted by molar-refractivity contribution is 5.78. The molecule has 3 N–H and O–H groups in total. The molecule has 1 saturated heterocycles. The molecule has 0 saturated carbocycles. The zero-order chi connectivity index (χ0) is 29.1. The predicted octanol–water partition coefficient (Wildman–Crippen LogP) is 3.77. The number of piperidine rings is 1. The van der Waals surface area contributed by atoms with E-state index in [2.05, 4.69) is 22.3 Å². The second-order valence-electron chi connectivity index (χ2n) is 10.7. The third-order valence-corrected chi connectivity index (χ3v) is 7.89. The van der Waals surface area contributed by atoms with Crippen LogP contribution < -0.4 is 10.6 Å². The molecule has 9 heteroatoms. The van der Waals surface area contributed by atoms with Gasteiger partial charge >= 0.3 is 6.09 Å². The minimum absolute atomic E-state index is 0.0214. The zero-order valence-corrected chi connectivity index (χ0v) is 24.3. The molecule has 2 aromatic carbocycles. The monoisotopic (exact) mass is 556 g/mol. The Bertz CT molecular complexity index is 1130. The van der Waals surface area contributed by atoms with E-state index in [9.17, 15) is 14.7 Å². The fourth-order valence-corrected chi connectivity index (χ4v) is 5.61. The van der Waals surface area contributed by atoms with E-state index in [0.29, 0.717) is 55.7 Å². The van der Waals surface area contributed by atoms with E-state index in [0.717, 1.165) is 31.5 Å². The number of amides is 2. The number of halogens is 1. The summed E-state index contributed by atoms with van der Waals surface area (Å²) >= 11 is 0. The molecule has 220 valence electrons. The van der Waals surface area contributed by atoms with Crippen LogP contribution in [0.15, 0.2) is 42.5 Å². The number of aliphatic hydroxyl groups is 1. The van der Waals surface area contributed by atoms with Gasteiger partial charge in [0.05, 0.1) is 19.3 Å². The summed E-state index contributed by atoms with van der Waals surface area (Å²) in [4.78, 5) is 28.7. The Morgan fingerprint density at radius 1 is 1.23 bits per heavy atom. The summed E-state index contributed by atoms with van der Waals surface area (Å²) < 4.78 is 20.3. The van der Waals surface area contributed by atoms with E-state index in [4.69, 9.17) is 0 Å². The van der Waals surface area contributed by atoms with Crippen molar-refractivity contribution in [2.75, 3.05) is 60.5 Å². The van der Waals surface area contributed by atoms with Crippen molar-refractivity contribution in [3.63, 3.8) is 0 Å². The van der Waals surface area contributed by atoms with Crippen molar-refractivity contribution in [2.45, 2.75) is 44.6 Å². The molecule has 8 nitrogen and oxygen atoms in total. The lowest BCUT2D eigenvalue weighted by Crippen LogP contribution is -2.50. The molecule has 0 radical (unpaired) electrons. The molecule has 2 amide bonds. The van der Waals surface area contributed by atoms with Crippen LogP contribution in [0.1, 0.15) is 43.7 Å². The van der Waals surface area contributed by atoms with E-state index in [-0.39, 0.29) is 18.2 Å². The van der Waals surface area contributed by atoms with Crippen LogP contribution in [-0.2, 0) is 21.6 Å². The van der Waals surface area contributed by atoms with Crippen LogP contribution in [0.5, 0.6) is 0 Å². The van der Waals surface area contributed by atoms with Crippen molar-refractivity contribution in [1.82, 2.24) is 20.4 Å². The van der Waals surface area contributed by atoms with Gasteiger partial charge in [-0.2, -0.15) is 0 Å². The van der Waals surface area contributed by atoms with Crippen LogP contribution in [0, 0.1) is 11.7 Å². The molecule has 0 spiro atoms. The molecular formula is C31H45FN4O4. The first-order chi connectivity index (χ1) is 19.2. The number of aryl methyl sites for hydroxylation is 1. The number of benzene rings is 2. The number of rotatable bonds is 13. The number of hydrogen-bond donors (Lipinski definition) is 3. The van der Waals surface area contributed by atoms with Gasteiger partial charge in [-0.25, -0.2) is 9.18 Å². The Morgan fingerprint density at radius 2 is 2.00 bits per heavy atom. The van der Waals surface area contributed by atoms with Gasteiger partial charge in [-0.3, -0.25) is 9.69 Å². The van der Waals surface area contributed by atoms with Crippen LogP contribution in [-0.4, -0.2) is 87.4 Å². The molecule has 3 rings (SSSR count). The van der Waals surface area contributed by atoms with Crippen molar-refractivity contribution in [2.24, 2.45) is 5.92 Å². The molecule has 0 aromatic heterocycles. The SMILES string of the molecule is CCc1cccc(-c2c(F)cccc2[C@](O)(CCCNC(=O)OC)[C@@H]2CCCN(C(=O)CN(C)CCNC)C2)c1. The summed E-state index contributed by atoms with van der Waals surface area (Å²) in [7, 11) is 5.11. The van der Waals surface area contributed by atoms with E-state index < -0.39 is 17.5 Å². The van der Waals surface area contributed by atoms with Gasteiger partial charge in [0.25, 0.3) is 0 Å². The van der Waals surface area contributed by atoms with E-state index in [1.807, 2.05) is 48.2 Å². The summed E-state index contributed by atoms with van der Waals surface area (Å²) in [5.74, 6) is -0.680. The number of likely N-dealkylation sites (tertiary alicyclic amines) is 1. The number of ether oxygens (including phenoxy) is 1. The van der Waals surface area contributed by atoms with E-state index >= 15 is 4.39 Å². The fourth-order valence-electron chi connectivity index (χ4n) is 5.61. The van der Waals surface area contributed by atoms with Crippen molar-refractivity contribution < 1.29 is 23.8 Å². The number of hydrogen-bond acceptors (Lipinski definition) is 6. The molecule has 0 bridgehead atoms. The van der Waals surface area contributed by atoms with Crippen LogP contribution in [0.3, 0.4) is 0 Å². The van der Waals surface area contributed by atoms with Gasteiger partial charge in [0, 0.05) is 44.2 Å². The van der Waals surface area contributed by atoms with Gasteiger partial charge in [0.15, 0.2) is 0 Å². The maximum absolute atomic E-state index is 15.6. The first-order valence-electron chi connectivity index (χ1n) is 14.3. The Hall–Kier alpha value is -3.01. The van der Waals surface area contributed by atoms with Gasteiger partial charge in [-0.1, -0.05) is 43.3 Å². The number of carbonyl (C=O) groups excluding carboxylic acids is 2. The third kappa shape index (κ3) is 8.02. The Kier molecular flexibility index (Phi) is 11.9. The Labute approximate surface area is 237 Å². The normalized spacial score (nSPS) is 17.0. The van der Waals surface area contributed by atoms with Crippen molar-refractivity contribution in [1.29, 1.82) is 0 Å². The zero-order valence-electron chi connectivity index (χ0n) is 24.3. The average Bonchev–Trinajstić information content (AvgIpc) is 2.97. The number of alkyl carbamates (subject to hydrolysis) is 1. The lowest BCUT2D eigenvalue weighted by Gasteiger charge is -2.44. The number of methoxy groups -OCH3 is 1. The topological polar surface area (TPSA) is 94.1 Å². The summed E-state index contributed by atoms with van der Waals surface area (Å²) in [6, 6.07) is 12.6. The smallest absolute Gasteiger partial charge is 0.406 e. The molecule has 1 heterocycles. The molecular weight excluding hydrogens is 511 g/mol. The van der Waals surface area contributed by atoms with Crippen molar-refractivity contribution >= 4 is 12.0 Å². The number of nitrogens with one attached hydrogen (secondary N) is 2. The third-order valence-electron chi connectivity index (χ3n) is 7.89. The van der Waals surface area contributed by atoms with Crippen LogP contribution in [0.4, 0.5) is 9.18 Å². The lowest BCUT2D eigenvalue weighted by atomic mass is 9.72. The van der Waals surface area contributed by atoms with E-state index in [1.54, 1.807) is 12.1 Å². The lowest BCUT2D eigenvalue weighted by molar-refractivity contribution is -0.137. The van der Waals surface area contributed by atoms with Gasteiger partial charge < -0.3 is 25.4 Å². The molecule has 1 aliphatic heterocycles. The Balaban J connectivity index is 1.96. The van der Waals surface area contributed by atoms with Gasteiger partial charge in [-0.05, 0) is 69.0 Å². The maximum atomic E-state index is 15.6. The van der Waals surface area contributed by atoms with Crippen LogP contribution in [0.25, 0.3) is 11.1 Å². The van der Waals surface area contributed by atoms with Crippen LogP contribution >= 0.6 is 0 Å². The fraction of sp³-hybridized carbons (Fsp3) is 0.548. The summed E-state index contributed by atoms with van der Waals surface area (Å²) in [5, 5.41) is 18.3. The molecule has 0 unspecified atom stereocenters. The van der Waals surface area contributed by atoms with Crippen molar-refractivity contribution in [3.05, 3.63) is 59.4 Å². The standard InChI is InChI=1S/C31H45FN4O4/c1-5-23-10-6-11-24(20-23)29-26(13-7-14-27(29)32)31(39,15-9-16-34-30(38)40-4)25-12-8-18-36(21-25)28(37)22-35(3)19-17-33-2/h6-7,10-11,13-14,20,25,33,39H,5,8-9,12,15-19,21-22H2,1-4H3,(H,34,38)/t25-,31+/m1/s1. The molecule has 0 aliphatic carbocycles. The maximum Gasteiger partial charge on any atom is 0.406 e. The predicted molar refractivity (Wildman–Crippen MR) is 155 cm³/mol. The number of carbonyl (C=O) groups is 2. The highest BCUT2D eigenvalue weighted by Gasteiger charge is 2.43. The second kappa shape index (κ2) is 15.1. The highest BCUT2D eigenvalue weighted by Crippen LogP contribution is 2.44. The molecule has 2 atom stereocenters. The molecule has 40 heavy (non-hydrogen) atoms. The molecule has 1 aliphatic rings. The molecule has 1 fully saturated rings. The highest BCUT2D eigenvalue weighted by atomic mass is 19.1. The van der Waals surface area contributed by atoms with E-state index in [1.165, 1.54) is 13.2 Å². The summed E-state index contributed by atoms with van der Waals surface area (Å²) in [5.41, 5.74) is 1.28. The quantitative estimate of drug-likeness (QED) is 0.325. The van der Waals surface area contributed by atoms with Gasteiger partial charge in [-0.15, -0.1) is 0 Å². The first-order valence-corrected chi connectivity index (χ1v) is 14.3. The first kappa shape index (κ1) is 31.5. The summed E-state index contributed by atoms with van der Waals surface area (Å²) in [6.07, 6.45) is 2.45. The number of nitrogens with zero attached hydrogens (tertiary/aromatic N) is 2. The minimum atomic E-state index is -1.42. The van der Waals surface area contributed by atoms with Gasteiger partial charge in [0.1, 0.15) is 5.82 Å². The molecule has 2 aromatic rings. The Morgan fingerprint density at radius 3 is 2.73 bits per heavy atom. The average molecular weight is 557 g/mol. The van der Waals surface area contributed by atoms with Gasteiger partial charge in [0.2, 0.25) is 5.91 Å². The van der Waals surface area contributed by atoms with Crippen LogP contribution in [0.2, 0.25) is 0 Å².